The van der Waals surface area contributed by atoms with Gasteiger partial charge in [-0.2, -0.15) is 4.98 Å². The molecule has 4 rings (SSSR count). The van der Waals surface area contributed by atoms with Crippen molar-refractivity contribution in [3.8, 4) is 5.75 Å². The molecule has 118 valence electrons. The summed E-state index contributed by atoms with van der Waals surface area (Å²) in [6.07, 6.45) is 2.13. The van der Waals surface area contributed by atoms with Crippen LogP contribution in [0.1, 0.15) is 28.7 Å². The number of aromatic nitrogens is 2. The van der Waals surface area contributed by atoms with Crippen molar-refractivity contribution in [3.63, 3.8) is 0 Å². The largest absolute Gasteiger partial charge is 0.493 e. The molecule has 0 bridgehead atoms. The second-order valence-electron chi connectivity index (χ2n) is 5.52. The molecule has 1 saturated heterocycles. The van der Waals surface area contributed by atoms with E-state index in [1.54, 1.807) is 18.1 Å². The van der Waals surface area contributed by atoms with E-state index in [0.717, 1.165) is 11.8 Å². The van der Waals surface area contributed by atoms with Gasteiger partial charge in [0.05, 0.1) is 7.11 Å². The molecule has 1 fully saturated rings. The zero-order valence-electron chi connectivity index (χ0n) is 12.6. The van der Waals surface area contributed by atoms with Gasteiger partial charge in [-0.05, 0) is 18.6 Å². The first-order valence-corrected chi connectivity index (χ1v) is 7.38. The number of carbonyl (C=O) groups is 1. The Bertz CT molecular complexity index is 840. The lowest BCUT2D eigenvalue weighted by Gasteiger charge is -2.13. The summed E-state index contributed by atoms with van der Waals surface area (Å²) in [5.41, 5.74) is 0.590. The highest BCUT2D eigenvalue weighted by Gasteiger charge is 2.31. The van der Waals surface area contributed by atoms with Crippen LogP contribution in [0.25, 0.3) is 11.0 Å². The van der Waals surface area contributed by atoms with E-state index in [9.17, 15) is 4.79 Å². The van der Waals surface area contributed by atoms with Crippen LogP contribution in [0.2, 0.25) is 0 Å². The Morgan fingerprint density at radius 2 is 2.35 bits per heavy atom. The summed E-state index contributed by atoms with van der Waals surface area (Å²) in [6.45, 7) is 1.21. The van der Waals surface area contributed by atoms with Crippen LogP contribution in [0.4, 0.5) is 0 Å². The number of likely N-dealkylation sites (tertiary alicyclic amines) is 1. The first kappa shape index (κ1) is 13.8. The van der Waals surface area contributed by atoms with Crippen molar-refractivity contribution in [3.05, 3.63) is 42.2 Å². The summed E-state index contributed by atoms with van der Waals surface area (Å²) in [4.78, 5) is 18.5. The molecule has 1 aromatic carbocycles. The molecule has 1 amide bonds. The van der Waals surface area contributed by atoms with Crippen molar-refractivity contribution in [1.29, 1.82) is 0 Å². The molecule has 0 N–H and O–H groups in total. The minimum Gasteiger partial charge on any atom is -0.493 e. The lowest BCUT2D eigenvalue weighted by Crippen LogP contribution is -2.28. The molecule has 1 aliphatic rings. The van der Waals surface area contributed by atoms with E-state index in [1.165, 1.54) is 6.39 Å². The molecule has 0 spiro atoms. The van der Waals surface area contributed by atoms with Crippen LogP contribution in [0.5, 0.6) is 5.75 Å². The number of methoxy groups -OCH3 is 1. The number of benzene rings is 1. The van der Waals surface area contributed by atoms with Gasteiger partial charge in [0.1, 0.15) is 0 Å². The standard InChI is InChI=1S/C16H15N3O4/c1-21-12-4-2-3-10-7-13(23-14(10)12)16(20)19-6-5-11(8-19)15-17-9-22-18-15/h2-4,7,9,11H,5-6,8H2,1H3. The van der Waals surface area contributed by atoms with Gasteiger partial charge in [-0.15, -0.1) is 0 Å². The molecule has 1 aliphatic heterocycles. The van der Waals surface area contributed by atoms with Gasteiger partial charge in [0.25, 0.3) is 5.91 Å². The first-order chi connectivity index (χ1) is 11.3. The Morgan fingerprint density at radius 1 is 1.43 bits per heavy atom. The SMILES string of the molecule is COc1cccc2cc(C(=O)N3CCC(c4ncon4)C3)oc12. The second kappa shape index (κ2) is 5.42. The van der Waals surface area contributed by atoms with E-state index in [4.69, 9.17) is 13.7 Å². The maximum absolute atomic E-state index is 12.7. The summed E-state index contributed by atoms with van der Waals surface area (Å²) >= 11 is 0. The number of carbonyl (C=O) groups excluding carboxylic acids is 1. The molecule has 0 radical (unpaired) electrons. The number of nitrogens with zero attached hydrogens (tertiary/aromatic N) is 3. The van der Waals surface area contributed by atoms with Crippen LogP contribution in [0.3, 0.4) is 0 Å². The quantitative estimate of drug-likeness (QED) is 0.739. The highest BCUT2D eigenvalue weighted by Crippen LogP contribution is 2.31. The van der Waals surface area contributed by atoms with E-state index >= 15 is 0 Å². The lowest BCUT2D eigenvalue weighted by molar-refractivity contribution is 0.0761. The number of amides is 1. The van der Waals surface area contributed by atoms with Crippen LogP contribution in [-0.2, 0) is 0 Å². The van der Waals surface area contributed by atoms with E-state index in [2.05, 4.69) is 10.1 Å². The molecule has 7 nitrogen and oxygen atoms in total. The van der Waals surface area contributed by atoms with Crippen molar-refractivity contribution in [2.75, 3.05) is 20.2 Å². The molecular formula is C16H15N3O4. The van der Waals surface area contributed by atoms with E-state index in [-0.39, 0.29) is 11.8 Å². The fourth-order valence-corrected chi connectivity index (χ4v) is 2.97. The minimum absolute atomic E-state index is 0.108. The van der Waals surface area contributed by atoms with Gasteiger partial charge in [0.2, 0.25) is 6.39 Å². The maximum atomic E-state index is 12.7. The van der Waals surface area contributed by atoms with Crippen molar-refractivity contribution < 1.29 is 18.5 Å². The molecule has 23 heavy (non-hydrogen) atoms. The summed E-state index contributed by atoms with van der Waals surface area (Å²) in [5, 5.41) is 4.71. The smallest absolute Gasteiger partial charge is 0.289 e. The summed E-state index contributed by atoms with van der Waals surface area (Å²) in [7, 11) is 1.58. The second-order valence-corrected chi connectivity index (χ2v) is 5.52. The Kier molecular flexibility index (Phi) is 3.25. The minimum atomic E-state index is -0.130. The van der Waals surface area contributed by atoms with Gasteiger partial charge in [0, 0.05) is 24.4 Å². The van der Waals surface area contributed by atoms with Gasteiger partial charge < -0.3 is 18.6 Å². The fraction of sp³-hybridized carbons (Fsp3) is 0.312. The normalized spacial score (nSPS) is 17.8. The Hall–Kier alpha value is -2.83. The number of furan rings is 1. The van der Waals surface area contributed by atoms with Gasteiger partial charge in [-0.25, -0.2) is 0 Å². The molecule has 0 saturated carbocycles. The topological polar surface area (TPSA) is 81.6 Å². The van der Waals surface area contributed by atoms with Gasteiger partial charge in [0.15, 0.2) is 22.9 Å². The molecule has 3 aromatic rings. The zero-order chi connectivity index (χ0) is 15.8. The third-order valence-electron chi connectivity index (χ3n) is 4.16. The fourth-order valence-electron chi connectivity index (χ4n) is 2.97. The predicted octanol–water partition coefficient (Wildman–Crippen LogP) is 2.45. The first-order valence-electron chi connectivity index (χ1n) is 7.38. The molecule has 7 heteroatoms. The van der Waals surface area contributed by atoms with Crippen LogP contribution in [-0.4, -0.2) is 41.1 Å². The van der Waals surface area contributed by atoms with Crippen LogP contribution < -0.4 is 4.74 Å². The average molecular weight is 313 g/mol. The summed E-state index contributed by atoms with van der Waals surface area (Å²) in [6, 6.07) is 7.32. The molecule has 2 aromatic heterocycles. The third kappa shape index (κ3) is 2.34. The van der Waals surface area contributed by atoms with Crippen LogP contribution in [0, 0.1) is 0 Å². The summed E-state index contributed by atoms with van der Waals surface area (Å²) < 4.78 is 15.8. The number of para-hydroxylation sites is 1. The lowest BCUT2D eigenvalue weighted by atomic mass is 10.1. The number of rotatable bonds is 3. The highest BCUT2D eigenvalue weighted by atomic mass is 16.5. The van der Waals surface area contributed by atoms with Crippen molar-refractivity contribution in [2.45, 2.75) is 12.3 Å². The van der Waals surface area contributed by atoms with Gasteiger partial charge in [-0.1, -0.05) is 17.3 Å². The van der Waals surface area contributed by atoms with Gasteiger partial charge >= 0.3 is 0 Å². The third-order valence-corrected chi connectivity index (χ3v) is 4.16. The zero-order valence-corrected chi connectivity index (χ0v) is 12.6. The molecule has 0 aliphatic carbocycles. The number of ether oxygens (including phenoxy) is 1. The molecule has 3 heterocycles. The van der Waals surface area contributed by atoms with Crippen LogP contribution in [0.15, 0.2) is 39.6 Å². The Morgan fingerprint density at radius 3 is 3.13 bits per heavy atom. The van der Waals surface area contributed by atoms with E-state index < -0.39 is 0 Å². The molecule has 1 unspecified atom stereocenters. The Balaban J connectivity index is 1.58. The molecular weight excluding hydrogens is 298 g/mol. The van der Waals surface area contributed by atoms with Crippen molar-refractivity contribution in [2.24, 2.45) is 0 Å². The van der Waals surface area contributed by atoms with Gasteiger partial charge in [-0.3, -0.25) is 4.79 Å². The predicted molar refractivity (Wildman–Crippen MR) is 80.3 cm³/mol. The number of hydrogen-bond donors (Lipinski definition) is 0. The average Bonchev–Trinajstić information content (AvgIpc) is 3.32. The monoisotopic (exact) mass is 313 g/mol. The number of hydrogen-bond acceptors (Lipinski definition) is 6. The highest BCUT2D eigenvalue weighted by molar-refractivity contribution is 5.97. The Labute approximate surface area is 131 Å². The van der Waals surface area contributed by atoms with E-state index in [0.29, 0.717) is 36.0 Å². The van der Waals surface area contributed by atoms with Crippen molar-refractivity contribution in [1.82, 2.24) is 15.0 Å². The number of fused-ring (bicyclic) bond motifs is 1. The summed E-state index contributed by atoms with van der Waals surface area (Å²) in [5.74, 6) is 1.56. The maximum Gasteiger partial charge on any atom is 0.289 e. The molecule has 1 atom stereocenters. The van der Waals surface area contributed by atoms with E-state index in [1.807, 2.05) is 18.2 Å². The van der Waals surface area contributed by atoms with Crippen molar-refractivity contribution >= 4 is 16.9 Å². The van der Waals surface area contributed by atoms with Crippen LogP contribution >= 0.6 is 0 Å².